The lowest BCUT2D eigenvalue weighted by Gasteiger charge is -2.17. The first kappa shape index (κ1) is 22.0. The summed E-state index contributed by atoms with van der Waals surface area (Å²) >= 11 is 3.18. The van der Waals surface area contributed by atoms with Crippen LogP contribution in [0, 0.1) is 0 Å². The van der Waals surface area contributed by atoms with E-state index in [1.165, 1.54) is 28.6 Å². The van der Waals surface area contributed by atoms with Gasteiger partial charge in [0.25, 0.3) is 5.56 Å². The van der Waals surface area contributed by atoms with Crippen molar-refractivity contribution in [2.45, 2.75) is 68.5 Å². The van der Waals surface area contributed by atoms with Gasteiger partial charge in [0.1, 0.15) is 4.83 Å². The Bertz CT molecular complexity index is 1370. The van der Waals surface area contributed by atoms with Gasteiger partial charge in [-0.2, -0.15) is 0 Å². The Hall–Kier alpha value is -2.49. The maximum atomic E-state index is 13.8. The topological polar surface area (TPSA) is 83.0 Å². The zero-order chi connectivity index (χ0) is 23.1. The van der Waals surface area contributed by atoms with Gasteiger partial charge in [0, 0.05) is 17.0 Å². The summed E-state index contributed by atoms with van der Waals surface area (Å²) in [5.41, 5.74) is 2.17. The molecule has 0 spiro atoms. The van der Waals surface area contributed by atoms with E-state index >= 15 is 0 Å². The van der Waals surface area contributed by atoms with E-state index in [1.807, 2.05) is 41.8 Å². The molecule has 3 aromatic heterocycles. The Labute approximate surface area is 205 Å². The standard InChI is InChI=1S/C25H26N4O3S2/c1-15(21-27-28-22(32-21)16-8-3-2-4-9-16)33-25-26-23-20(18-11-5-6-12-19(18)34-23)24(30)29(25)14-17-10-7-13-31-17/h2-4,8-9,15,17H,5-7,10-14H2,1H3. The van der Waals surface area contributed by atoms with E-state index in [-0.39, 0.29) is 16.9 Å². The third kappa shape index (κ3) is 4.10. The van der Waals surface area contributed by atoms with Crippen molar-refractivity contribution >= 4 is 33.3 Å². The molecule has 6 rings (SSSR count). The number of hydrogen-bond acceptors (Lipinski definition) is 8. The van der Waals surface area contributed by atoms with Crippen molar-refractivity contribution in [2.75, 3.05) is 6.61 Å². The molecule has 0 saturated carbocycles. The summed E-state index contributed by atoms with van der Waals surface area (Å²) in [4.78, 5) is 21.0. The third-order valence-corrected chi connectivity index (χ3v) is 8.80. The normalized spacial score (nSPS) is 18.9. The fourth-order valence-electron chi connectivity index (χ4n) is 4.77. The van der Waals surface area contributed by atoms with Crippen LogP contribution in [0.2, 0.25) is 0 Å². The van der Waals surface area contributed by atoms with E-state index in [0.717, 1.165) is 54.5 Å². The lowest BCUT2D eigenvalue weighted by Crippen LogP contribution is -2.29. The Morgan fingerprint density at radius 3 is 2.85 bits per heavy atom. The number of ether oxygens (including phenoxy) is 1. The third-order valence-electron chi connectivity index (χ3n) is 6.54. The number of aryl methyl sites for hydroxylation is 2. The molecule has 1 fully saturated rings. The number of nitrogens with zero attached hydrogens (tertiary/aromatic N) is 4. The second kappa shape index (κ2) is 9.28. The van der Waals surface area contributed by atoms with Crippen LogP contribution in [-0.2, 0) is 24.1 Å². The number of aromatic nitrogens is 4. The van der Waals surface area contributed by atoms with Crippen LogP contribution in [0.3, 0.4) is 0 Å². The molecule has 0 bridgehead atoms. The molecule has 176 valence electrons. The number of thioether (sulfide) groups is 1. The molecule has 4 aromatic rings. The van der Waals surface area contributed by atoms with Crippen LogP contribution in [0.4, 0.5) is 0 Å². The SMILES string of the molecule is CC(Sc1nc2sc3c(c2c(=O)n1CC1CCCO1)CCCC3)c1nnc(-c2ccccc2)o1. The van der Waals surface area contributed by atoms with Crippen LogP contribution in [0.15, 0.2) is 44.7 Å². The van der Waals surface area contributed by atoms with Crippen LogP contribution < -0.4 is 5.56 Å². The highest BCUT2D eigenvalue weighted by Crippen LogP contribution is 2.38. The van der Waals surface area contributed by atoms with Gasteiger partial charge in [-0.1, -0.05) is 30.0 Å². The maximum absolute atomic E-state index is 13.8. The summed E-state index contributed by atoms with van der Waals surface area (Å²) in [5, 5.41) is 9.87. The van der Waals surface area contributed by atoms with E-state index in [4.69, 9.17) is 14.1 Å². The van der Waals surface area contributed by atoms with Gasteiger partial charge in [0.2, 0.25) is 11.8 Å². The summed E-state index contributed by atoms with van der Waals surface area (Å²) in [6.45, 7) is 3.30. The van der Waals surface area contributed by atoms with Crippen molar-refractivity contribution in [3.05, 3.63) is 57.0 Å². The monoisotopic (exact) mass is 494 g/mol. The molecule has 2 atom stereocenters. The summed E-state index contributed by atoms with van der Waals surface area (Å²) < 4.78 is 13.7. The van der Waals surface area contributed by atoms with Gasteiger partial charge in [0.15, 0.2) is 5.16 Å². The van der Waals surface area contributed by atoms with Crippen molar-refractivity contribution < 1.29 is 9.15 Å². The molecule has 4 heterocycles. The van der Waals surface area contributed by atoms with Gasteiger partial charge < -0.3 is 9.15 Å². The predicted octanol–water partition coefficient (Wildman–Crippen LogP) is 5.42. The van der Waals surface area contributed by atoms with Gasteiger partial charge in [-0.15, -0.1) is 21.5 Å². The highest BCUT2D eigenvalue weighted by Gasteiger charge is 2.27. The average Bonchev–Trinajstić information content (AvgIpc) is 3.62. The maximum Gasteiger partial charge on any atom is 0.263 e. The quantitative estimate of drug-likeness (QED) is 0.261. The molecule has 1 saturated heterocycles. The molecule has 1 aliphatic carbocycles. The van der Waals surface area contributed by atoms with E-state index in [1.54, 1.807) is 11.3 Å². The lowest BCUT2D eigenvalue weighted by molar-refractivity contribution is 0.0937. The Balaban J connectivity index is 1.37. The second-order valence-corrected chi connectivity index (χ2v) is 11.3. The molecular formula is C25H26N4O3S2. The zero-order valence-electron chi connectivity index (χ0n) is 19.0. The molecule has 9 heteroatoms. The van der Waals surface area contributed by atoms with Crippen LogP contribution in [0.1, 0.15) is 54.2 Å². The molecule has 0 amide bonds. The Kier molecular flexibility index (Phi) is 6.01. The molecule has 0 N–H and O–H groups in total. The van der Waals surface area contributed by atoms with E-state index in [0.29, 0.717) is 23.5 Å². The Morgan fingerprint density at radius 1 is 1.18 bits per heavy atom. The van der Waals surface area contributed by atoms with Gasteiger partial charge in [-0.05, 0) is 63.1 Å². The van der Waals surface area contributed by atoms with Crippen molar-refractivity contribution in [3.8, 4) is 11.5 Å². The molecule has 0 radical (unpaired) electrons. The molecule has 1 aromatic carbocycles. The summed E-state index contributed by atoms with van der Waals surface area (Å²) in [6.07, 6.45) is 6.39. The summed E-state index contributed by atoms with van der Waals surface area (Å²) in [5.74, 6) is 1.02. The van der Waals surface area contributed by atoms with Crippen molar-refractivity contribution in [3.63, 3.8) is 0 Å². The highest BCUT2D eigenvalue weighted by molar-refractivity contribution is 7.99. The van der Waals surface area contributed by atoms with Crippen molar-refractivity contribution in [1.29, 1.82) is 0 Å². The van der Waals surface area contributed by atoms with Crippen LogP contribution >= 0.6 is 23.1 Å². The minimum atomic E-state index is -0.153. The van der Waals surface area contributed by atoms with Crippen molar-refractivity contribution in [2.24, 2.45) is 0 Å². The first-order chi connectivity index (χ1) is 16.7. The number of rotatable bonds is 6. The summed E-state index contributed by atoms with van der Waals surface area (Å²) in [6, 6.07) is 9.74. The van der Waals surface area contributed by atoms with Crippen LogP contribution in [0.5, 0.6) is 0 Å². The van der Waals surface area contributed by atoms with Gasteiger partial charge in [-0.25, -0.2) is 4.98 Å². The lowest BCUT2D eigenvalue weighted by atomic mass is 9.97. The minimum Gasteiger partial charge on any atom is -0.419 e. The van der Waals surface area contributed by atoms with Gasteiger partial charge >= 0.3 is 0 Å². The van der Waals surface area contributed by atoms with Crippen molar-refractivity contribution in [1.82, 2.24) is 19.7 Å². The minimum absolute atomic E-state index is 0.0501. The highest BCUT2D eigenvalue weighted by atomic mass is 32.2. The Morgan fingerprint density at radius 2 is 2.03 bits per heavy atom. The second-order valence-electron chi connectivity index (χ2n) is 8.91. The zero-order valence-corrected chi connectivity index (χ0v) is 20.7. The van der Waals surface area contributed by atoms with E-state index in [9.17, 15) is 4.79 Å². The molecule has 2 unspecified atom stereocenters. The number of benzene rings is 1. The van der Waals surface area contributed by atoms with Gasteiger partial charge in [-0.3, -0.25) is 9.36 Å². The number of hydrogen-bond donors (Lipinski definition) is 0. The summed E-state index contributed by atoms with van der Waals surface area (Å²) in [7, 11) is 0. The number of thiophene rings is 1. The molecule has 2 aliphatic rings. The fourth-order valence-corrected chi connectivity index (χ4v) is 7.02. The predicted molar refractivity (Wildman–Crippen MR) is 134 cm³/mol. The van der Waals surface area contributed by atoms with E-state index in [2.05, 4.69) is 10.2 Å². The fraction of sp³-hybridized carbons (Fsp3) is 0.440. The molecule has 1 aliphatic heterocycles. The van der Waals surface area contributed by atoms with Gasteiger partial charge in [0.05, 0.1) is 23.3 Å². The molecular weight excluding hydrogens is 468 g/mol. The number of fused-ring (bicyclic) bond motifs is 3. The largest absolute Gasteiger partial charge is 0.419 e. The van der Waals surface area contributed by atoms with Crippen LogP contribution in [0.25, 0.3) is 21.7 Å². The van der Waals surface area contributed by atoms with Crippen LogP contribution in [-0.4, -0.2) is 32.5 Å². The molecule has 34 heavy (non-hydrogen) atoms. The smallest absolute Gasteiger partial charge is 0.263 e. The first-order valence-electron chi connectivity index (χ1n) is 11.9. The van der Waals surface area contributed by atoms with E-state index < -0.39 is 0 Å². The first-order valence-corrected chi connectivity index (χ1v) is 13.6. The molecule has 7 nitrogen and oxygen atoms in total. The average molecular weight is 495 g/mol.